The summed E-state index contributed by atoms with van der Waals surface area (Å²) in [5.74, 6) is 1.86. The van der Waals surface area contributed by atoms with E-state index in [-0.39, 0.29) is 24.0 Å². The molecule has 0 amide bonds. The summed E-state index contributed by atoms with van der Waals surface area (Å²) < 4.78 is 0. The number of hydrogen-bond donors (Lipinski definition) is 2. The van der Waals surface area contributed by atoms with Crippen molar-refractivity contribution in [2.45, 2.75) is 26.9 Å². The maximum atomic E-state index is 4.64. The Kier molecular flexibility index (Phi) is 8.90. The number of anilines is 1. The fourth-order valence-electron chi connectivity index (χ4n) is 3.17. The van der Waals surface area contributed by atoms with Crippen molar-refractivity contribution >= 4 is 47.1 Å². The quantitative estimate of drug-likeness (QED) is 0.362. The highest BCUT2D eigenvalue weighted by Gasteiger charge is 2.18. The molecule has 0 spiro atoms. The molecule has 0 aromatic carbocycles. The number of aryl methyl sites for hydroxylation is 2. The van der Waals surface area contributed by atoms with E-state index in [9.17, 15) is 0 Å². The van der Waals surface area contributed by atoms with Gasteiger partial charge in [-0.1, -0.05) is 6.07 Å². The van der Waals surface area contributed by atoms with E-state index >= 15 is 0 Å². The van der Waals surface area contributed by atoms with Gasteiger partial charge in [0.25, 0.3) is 0 Å². The van der Waals surface area contributed by atoms with Gasteiger partial charge in [0.1, 0.15) is 5.82 Å². The van der Waals surface area contributed by atoms with Crippen molar-refractivity contribution in [3.8, 4) is 0 Å². The lowest BCUT2D eigenvalue weighted by atomic mass is 10.2. The maximum Gasteiger partial charge on any atom is 0.191 e. The Bertz CT molecular complexity index is 784. The Balaban J connectivity index is 0.00000280. The van der Waals surface area contributed by atoms with Crippen LogP contribution in [0.1, 0.15) is 21.1 Å². The van der Waals surface area contributed by atoms with E-state index < -0.39 is 0 Å². The predicted octanol–water partition coefficient (Wildman–Crippen LogP) is 2.39. The first kappa shape index (κ1) is 22.8. The van der Waals surface area contributed by atoms with Gasteiger partial charge in [0.05, 0.1) is 17.2 Å². The fourth-order valence-corrected chi connectivity index (χ4v) is 4.05. The molecule has 3 rings (SSSR count). The molecule has 0 aliphatic carbocycles. The molecule has 28 heavy (non-hydrogen) atoms. The van der Waals surface area contributed by atoms with E-state index in [1.807, 2.05) is 19.2 Å². The first-order chi connectivity index (χ1) is 13.1. The SMILES string of the molecule is CN=C(NCc1cccnc1N1CCN(C)CC1)NCc1sc(C)nc1C.I. The molecule has 0 saturated carbocycles. The molecule has 3 heterocycles. The van der Waals surface area contributed by atoms with Crippen LogP contribution >= 0.6 is 35.3 Å². The minimum Gasteiger partial charge on any atom is -0.354 e. The molecular formula is C19H30IN7S. The number of nitrogens with zero attached hydrogens (tertiary/aromatic N) is 5. The van der Waals surface area contributed by atoms with Crippen LogP contribution in [0.5, 0.6) is 0 Å². The van der Waals surface area contributed by atoms with Gasteiger partial charge in [-0.25, -0.2) is 9.97 Å². The topological polar surface area (TPSA) is 68.7 Å². The Morgan fingerprint density at radius 3 is 2.54 bits per heavy atom. The monoisotopic (exact) mass is 515 g/mol. The number of nitrogens with one attached hydrogen (secondary N) is 2. The molecule has 0 bridgehead atoms. The third kappa shape index (κ3) is 6.02. The van der Waals surface area contributed by atoms with E-state index in [0.717, 1.165) is 55.2 Å². The van der Waals surface area contributed by atoms with Crippen molar-refractivity contribution < 1.29 is 0 Å². The van der Waals surface area contributed by atoms with Gasteiger partial charge in [0, 0.05) is 56.4 Å². The average Bonchev–Trinajstić information content (AvgIpc) is 3.00. The molecule has 7 nitrogen and oxygen atoms in total. The average molecular weight is 515 g/mol. The first-order valence-electron chi connectivity index (χ1n) is 9.31. The number of hydrogen-bond acceptors (Lipinski definition) is 6. The van der Waals surface area contributed by atoms with Crippen LogP contribution in [0.2, 0.25) is 0 Å². The standard InChI is InChI=1S/C19H29N7S.HI/c1-14-17(27-15(2)24-14)13-23-19(20-3)22-12-16-6-5-7-21-18(16)26-10-8-25(4)9-11-26;/h5-7H,8-13H2,1-4H3,(H2,20,22,23);1H. The normalized spacial score (nSPS) is 15.3. The second-order valence-corrected chi connectivity index (χ2v) is 8.08. The molecule has 1 aliphatic rings. The highest BCUT2D eigenvalue weighted by atomic mass is 127. The maximum absolute atomic E-state index is 4.64. The summed E-state index contributed by atoms with van der Waals surface area (Å²) in [6.45, 7) is 9.67. The van der Waals surface area contributed by atoms with E-state index in [1.165, 1.54) is 10.4 Å². The highest BCUT2D eigenvalue weighted by molar-refractivity contribution is 14.0. The number of thiazole rings is 1. The van der Waals surface area contributed by atoms with Crippen LogP contribution in [0.25, 0.3) is 0 Å². The number of aliphatic imine (C=N–C) groups is 1. The van der Waals surface area contributed by atoms with Crippen LogP contribution in [0.15, 0.2) is 23.3 Å². The van der Waals surface area contributed by atoms with Gasteiger partial charge in [-0.05, 0) is 27.0 Å². The highest BCUT2D eigenvalue weighted by Crippen LogP contribution is 2.19. The lowest BCUT2D eigenvalue weighted by Gasteiger charge is -2.34. The molecular weight excluding hydrogens is 485 g/mol. The van der Waals surface area contributed by atoms with Crippen LogP contribution in [0, 0.1) is 13.8 Å². The van der Waals surface area contributed by atoms with Crippen molar-refractivity contribution in [3.63, 3.8) is 0 Å². The molecule has 0 radical (unpaired) electrons. The largest absolute Gasteiger partial charge is 0.354 e. The van der Waals surface area contributed by atoms with Gasteiger partial charge in [-0.3, -0.25) is 4.99 Å². The second kappa shape index (κ2) is 10.9. The molecule has 1 saturated heterocycles. The Morgan fingerprint density at radius 1 is 1.18 bits per heavy atom. The van der Waals surface area contributed by atoms with Crippen LogP contribution in [0.3, 0.4) is 0 Å². The van der Waals surface area contributed by atoms with Crippen LogP contribution in [-0.4, -0.2) is 61.1 Å². The lowest BCUT2D eigenvalue weighted by molar-refractivity contribution is 0.312. The molecule has 1 aliphatic heterocycles. The van der Waals surface area contributed by atoms with Gasteiger partial charge in [-0.2, -0.15) is 0 Å². The van der Waals surface area contributed by atoms with E-state index in [0.29, 0.717) is 6.54 Å². The summed E-state index contributed by atoms with van der Waals surface area (Å²) in [4.78, 5) is 19.4. The third-order valence-corrected chi connectivity index (χ3v) is 5.83. The zero-order valence-corrected chi connectivity index (χ0v) is 20.2. The van der Waals surface area contributed by atoms with Crippen LogP contribution in [-0.2, 0) is 13.1 Å². The van der Waals surface area contributed by atoms with Crippen LogP contribution < -0.4 is 15.5 Å². The Morgan fingerprint density at radius 2 is 1.89 bits per heavy atom. The minimum absolute atomic E-state index is 0. The predicted molar refractivity (Wildman–Crippen MR) is 128 cm³/mol. The molecule has 0 unspecified atom stereocenters. The molecule has 154 valence electrons. The number of piperazine rings is 1. The second-order valence-electron chi connectivity index (χ2n) is 6.80. The molecule has 9 heteroatoms. The van der Waals surface area contributed by atoms with Crippen molar-refractivity contribution in [3.05, 3.63) is 39.5 Å². The van der Waals surface area contributed by atoms with Gasteiger partial charge in [0.15, 0.2) is 5.96 Å². The number of pyridine rings is 1. The summed E-state index contributed by atoms with van der Waals surface area (Å²) in [6, 6.07) is 4.13. The van der Waals surface area contributed by atoms with Gasteiger partial charge in [-0.15, -0.1) is 35.3 Å². The molecule has 0 atom stereocenters. The van der Waals surface area contributed by atoms with Crippen molar-refractivity contribution in [1.82, 2.24) is 25.5 Å². The fraction of sp³-hybridized carbons (Fsp3) is 0.526. The van der Waals surface area contributed by atoms with E-state index in [4.69, 9.17) is 0 Å². The van der Waals surface area contributed by atoms with Gasteiger partial charge in [0.2, 0.25) is 0 Å². The lowest BCUT2D eigenvalue weighted by Crippen LogP contribution is -2.45. The van der Waals surface area contributed by atoms with Crippen molar-refractivity contribution in [1.29, 1.82) is 0 Å². The molecule has 1 fully saturated rings. The zero-order chi connectivity index (χ0) is 19.2. The number of rotatable bonds is 5. The number of likely N-dealkylation sites (N-methyl/N-ethyl adjacent to an activating group) is 1. The number of aromatic nitrogens is 2. The molecule has 2 aromatic heterocycles. The van der Waals surface area contributed by atoms with Crippen molar-refractivity contribution in [2.75, 3.05) is 45.2 Å². The smallest absolute Gasteiger partial charge is 0.191 e. The number of halogens is 1. The Labute approximate surface area is 188 Å². The summed E-state index contributed by atoms with van der Waals surface area (Å²) in [5.41, 5.74) is 2.28. The van der Waals surface area contributed by atoms with Gasteiger partial charge < -0.3 is 20.4 Å². The number of guanidine groups is 1. The first-order valence-corrected chi connectivity index (χ1v) is 10.1. The summed E-state index contributed by atoms with van der Waals surface area (Å²) in [6.07, 6.45) is 1.87. The van der Waals surface area contributed by atoms with E-state index in [1.54, 1.807) is 18.4 Å². The zero-order valence-electron chi connectivity index (χ0n) is 17.0. The summed E-state index contributed by atoms with van der Waals surface area (Å²) >= 11 is 1.73. The van der Waals surface area contributed by atoms with Gasteiger partial charge >= 0.3 is 0 Å². The molecule has 2 aromatic rings. The summed E-state index contributed by atoms with van der Waals surface area (Å²) in [7, 11) is 3.96. The Hall–Kier alpha value is -1.46. The van der Waals surface area contributed by atoms with Crippen LogP contribution in [0.4, 0.5) is 5.82 Å². The summed E-state index contributed by atoms with van der Waals surface area (Å²) in [5, 5.41) is 7.90. The van der Waals surface area contributed by atoms with Crippen molar-refractivity contribution in [2.24, 2.45) is 4.99 Å². The third-order valence-electron chi connectivity index (χ3n) is 4.76. The molecule has 2 N–H and O–H groups in total. The minimum atomic E-state index is 0. The van der Waals surface area contributed by atoms with E-state index in [2.05, 4.69) is 55.4 Å².